The van der Waals surface area contributed by atoms with Gasteiger partial charge in [-0.25, -0.2) is 12.2 Å². The van der Waals surface area contributed by atoms with Crippen LogP contribution in [0.25, 0.3) is 27.4 Å². The molecule has 0 atom stereocenters. The van der Waals surface area contributed by atoms with Crippen LogP contribution in [0, 0.1) is 26.8 Å². The third-order valence-corrected chi connectivity index (χ3v) is 5.99. The first kappa shape index (κ1) is 27.0. The first-order valence-electron chi connectivity index (χ1n) is 9.22. The summed E-state index contributed by atoms with van der Waals surface area (Å²) in [6, 6.07) is 17.4. The number of fused-ring (bicyclic) bond motifs is 2. The molecule has 30 heavy (non-hydrogen) atoms. The fourth-order valence-electron chi connectivity index (χ4n) is 3.76. The standard InChI is InChI=1S/C20H17BrN.C5H5.2ClH.Zr/c1-12-9-15-11-18-19(20(21)17(15)10-12)13(2)14(3)22(18)16-7-5-4-6-8-16;1-2-4-5-3-1;;;/h4-11H,1-3H3;1-3H,4H2;2*1H;/q2*-1;;;+4/p-2. The smallest absolute Gasteiger partial charge is 1.00 e. The van der Waals surface area contributed by atoms with Gasteiger partial charge in [0.15, 0.2) is 0 Å². The number of rotatable bonds is 1. The van der Waals surface area contributed by atoms with Gasteiger partial charge in [0.1, 0.15) is 0 Å². The van der Waals surface area contributed by atoms with Gasteiger partial charge in [-0.1, -0.05) is 94.9 Å². The summed E-state index contributed by atoms with van der Waals surface area (Å²) >= 11 is 3.85. The molecule has 5 heteroatoms. The van der Waals surface area contributed by atoms with E-state index in [4.69, 9.17) is 0 Å². The van der Waals surface area contributed by atoms with Crippen LogP contribution in [-0.2, 0) is 26.2 Å². The maximum Gasteiger partial charge on any atom is 4.00 e. The molecule has 0 spiro atoms. The van der Waals surface area contributed by atoms with Crippen molar-refractivity contribution in [1.82, 2.24) is 4.57 Å². The van der Waals surface area contributed by atoms with E-state index in [1.807, 2.05) is 12.2 Å². The summed E-state index contributed by atoms with van der Waals surface area (Å²) in [7, 11) is 0. The van der Waals surface area contributed by atoms with Crippen LogP contribution in [-0.4, -0.2) is 4.57 Å². The molecule has 4 aromatic rings. The molecule has 0 N–H and O–H groups in total. The molecule has 1 nitrogen and oxygen atoms in total. The Bertz CT molecular complexity index is 1180. The van der Waals surface area contributed by atoms with E-state index in [0.717, 1.165) is 6.42 Å². The van der Waals surface area contributed by atoms with Crippen molar-refractivity contribution in [1.29, 1.82) is 0 Å². The van der Waals surface area contributed by atoms with Crippen molar-refractivity contribution in [3.05, 3.63) is 94.1 Å². The second-order valence-electron chi connectivity index (χ2n) is 7.00. The number of aryl methyl sites for hydroxylation is 2. The van der Waals surface area contributed by atoms with Crippen LogP contribution in [0.15, 0.2) is 71.2 Å². The van der Waals surface area contributed by atoms with Gasteiger partial charge >= 0.3 is 26.2 Å². The molecule has 0 fully saturated rings. The van der Waals surface area contributed by atoms with Crippen LogP contribution < -0.4 is 24.8 Å². The van der Waals surface area contributed by atoms with Gasteiger partial charge in [-0.15, -0.1) is 12.0 Å². The molecule has 0 radical (unpaired) electrons. The fraction of sp³-hybridized carbons (Fsp3) is 0.160. The number of para-hydroxylation sites is 1. The van der Waals surface area contributed by atoms with E-state index < -0.39 is 0 Å². The summed E-state index contributed by atoms with van der Waals surface area (Å²) in [5.41, 5.74) is 6.43. The zero-order valence-electron chi connectivity index (χ0n) is 17.1. The minimum atomic E-state index is 0. The van der Waals surface area contributed by atoms with Crippen LogP contribution in [0.3, 0.4) is 0 Å². The first-order chi connectivity index (χ1) is 13.1. The molecule has 0 unspecified atom stereocenters. The van der Waals surface area contributed by atoms with Gasteiger partial charge in [0.2, 0.25) is 0 Å². The topological polar surface area (TPSA) is 4.93 Å². The SMILES string of the molecule is Cc1cc2cc3c(c(Br)c2c1)c(C)[c-](C)n3-c1ccccc1.[C-]1=CC=CC1.[Cl-].[Cl-].[Zr+4]. The maximum atomic E-state index is 3.85. The molecule has 0 saturated heterocycles. The minimum Gasteiger partial charge on any atom is -1.00 e. The van der Waals surface area contributed by atoms with Gasteiger partial charge < -0.3 is 29.4 Å². The van der Waals surface area contributed by atoms with Gasteiger partial charge in [-0.05, 0) is 33.4 Å². The Balaban J connectivity index is 0.000000499. The van der Waals surface area contributed by atoms with Crippen LogP contribution in [0.1, 0.15) is 23.2 Å². The quantitative estimate of drug-likeness (QED) is 0.302. The average molecular weight is 578 g/mol. The number of halogens is 3. The molecular weight excluding hydrogens is 556 g/mol. The minimum absolute atomic E-state index is 0. The van der Waals surface area contributed by atoms with Crippen molar-refractivity contribution < 1.29 is 51.0 Å². The van der Waals surface area contributed by atoms with Gasteiger partial charge in [0, 0.05) is 0 Å². The summed E-state index contributed by atoms with van der Waals surface area (Å²) in [6.07, 6.45) is 10.0. The average Bonchev–Trinajstić information content (AvgIpc) is 3.39. The van der Waals surface area contributed by atoms with Crippen molar-refractivity contribution >= 4 is 37.6 Å². The second-order valence-corrected chi connectivity index (χ2v) is 7.80. The first-order valence-corrected chi connectivity index (χ1v) is 10.0. The maximum absolute atomic E-state index is 3.85. The monoisotopic (exact) mass is 575 g/mol. The van der Waals surface area contributed by atoms with Gasteiger partial charge in [0.25, 0.3) is 0 Å². The molecule has 0 bridgehead atoms. The molecule has 1 aromatic heterocycles. The number of nitrogens with zero attached hydrogens (tertiary/aromatic N) is 1. The van der Waals surface area contributed by atoms with Crippen molar-refractivity contribution in [2.45, 2.75) is 27.2 Å². The molecule has 1 heterocycles. The zero-order chi connectivity index (χ0) is 19.0. The molecule has 3 aromatic carbocycles. The summed E-state index contributed by atoms with van der Waals surface area (Å²) < 4.78 is 3.57. The molecule has 0 saturated carbocycles. The molecule has 0 aliphatic heterocycles. The number of hydrogen-bond acceptors (Lipinski definition) is 0. The summed E-state index contributed by atoms with van der Waals surface area (Å²) in [5, 5.41) is 3.92. The van der Waals surface area contributed by atoms with E-state index in [2.05, 4.69) is 102 Å². The summed E-state index contributed by atoms with van der Waals surface area (Å²) in [5.74, 6) is 0. The molecule has 0 amide bonds. The Kier molecular flexibility index (Phi) is 10.4. The molecule has 1 aliphatic rings. The van der Waals surface area contributed by atoms with E-state index in [0.29, 0.717) is 0 Å². The Morgan fingerprint density at radius 1 is 1.03 bits per heavy atom. The van der Waals surface area contributed by atoms with Crippen molar-refractivity contribution in [2.24, 2.45) is 0 Å². The van der Waals surface area contributed by atoms with E-state index in [9.17, 15) is 0 Å². The van der Waals surface area contributed by atoms with E-state index in [-0.39, 0.29) is 51.0 Å². The third-order valence-electron chi connectivity index (χ3n) is 5.16. The molecular formula is C25H22BrCl2NZr. The number of hydrogen-bond donors (Lipinski definition) is 0. The van der Waals surface area contributed by atoms with Crippen LogP contribution in [0.2, 0.25) is 0 Å². The van der Waals surface area contributed by atoms with Gasteiger partial charge in [-0.2, -0.15) is 6.08 Å². The van der Waals surface area contributed by atoms with Crippen molar-refractivity contribution in [3.63, 3.8) is 0 Å². The van der Waals surface area contributed by atoms with Gasteiger partial charge in [-0.3, -0.25) is 6.08 Å². The normalized spacial score (nSPS) is 11.5. The Hall–Kier alpha value is -0.987. The van der Waals surface area contributed by atoms with E-state index in [1.54, 1.807) is 0 Å². The summed E-state index contributed by atoms with van der Waals surface area (Å²) in [4.78, 5) is 0. The van der Waals surface area contributed by atoms with Crippen LogP contribution in [0.4, 0.5) is 0 Å². The Labute approximate surface area is 218 Å². The van der Waals surface area contributed by atoms with E-state index >= 15 is 0 Å². The van der Waals surface area contributed by atoms with E-state index in [1.165, 1.54) is 48.7 Å². The second kappa shape index (κ2) is 11.6. The van der Waals surface area contributed by atoms with Crippen molar-refractivity contribution in [3.8, 4) is 5.69 Å². The summed E-state index contributed by atoms with van der Waals surface area (Å²) in [6.45, 7) is 6.56. The molecule has 152 valence electrons. The van der Waals surface area contributed by atoms with Crippen molar-refractivity contribution in [2.75, 3.05) is 0 Å². The number of aromatic nitrogens is 1. The predicted octanol–water partition coefficient (Wildman–Crippen LogP) is 1.50. The third kappa shape index (κ3) is 5.08. The Morgan fingerprint density at radius 2 is 1.73 bits per heavy atom. The fourth-order valence-corrected chi connectivity index (χ4v) is 4.61. The Morgan fingerprint density at radius 3 is 2.30 bits per heavy atom. The molecule has 1 aliphatic carbocycles. The van der Waals surface area contributed by atoms with Gasteiger partial charge in [0.05, 0.1) is 0 Å². The zero-order valence-corrected chi connectivity index (χ0v) is 22.7. The van der Waals surface area contributed by atoms with Crippen LogP contribution in [0.5, 0.6) is 0 Å². The number of benzene rings is 2. The predicted molar refractivity (Wildman–Crippen MR) is 120 cm³/mol. The number of allylic oxidation sites excluding steroid dienone is 4. The largest absolute Gasteiger partial charge is 4.00 e. The van der Waals surface area contributed by atoms with Crippen LogP contribution >= 0.6 is 15.9 Å². The molecule has 5 rings (SSSR count).